The standard InChI is InChI=1S/C14H12F2N2O3/c1-17-4-3-7-11(16)10(15)5-8-12(7)18(17)6-9(13(8)19)14(20)21-2/h5-6H,3-4H2,1-2H3. The molecule has 110 valence electrons. The van der Waals surface area contributed by atoms with Crippen LogP contribution >= 0.6 is 0 Å². The molecule has 5 nitrogen and oxygen atoms in total. The summed E-state index contributed by atoms with van der Waals surface area (Å²) in [5.41, 5.74) is -0.434. The molecule has 0 unspecified atom stereocenters. The average Bonchev–Trinajstić information content (AvgIpc) is 2.47. The second-order valence-corrected chi connectivity index (χ2v) is 4.89. The highest BCUT2D eigenvalue weighted by atomic mass is 19.2. The molecule has 0 bridgehead atoms. The van der Waals surface area contributed by atoms with Crippen LogP contribution in [0.15, 0.2) is 17.1 Å². The van der Waals surface area contributed by atoms with Crippen molar-refractivity contribution in [3.63, 3.8) is 0 Å². The fourth-order valence-corrected chi connectivity index (χ4v) is 2.63. The molecule has 1 aromatic carbocycles. The number of likely N-dealkylation sites (N-methyl/N-ethyl adjacent to an activating group) is 1. The Morgan fingerprint density at radius 2 is 2.10 bits per heavy atom. The average molecular weight is 294 g/mol. The summed E-state index contributed by atoms with van der Waals surface area (Å²) < 4.78 is 33.7. The minimum Gasteiger partial charge on any atom is -0.465 e. The van der Waals surface area contributed by atoms with Gasteiger partial charge in [-0.25, -0.2) is 13.6 Å². The molecule has 0 fully saturated rings. The van der Waals surface area contributed by atoms with Gasteiger partial charge in [0.2, 0.25) is 5.43 Å². The highest BCUT2D eigenvalue weighted by Gasteiger charge is 2.26. The van der Waals surface area contributed by atoms with E-state index in [1.807, 2.05) is 0 Å². The molecular weight excluding hydrogens is 282 g/mol. The predicted molar refractivity (Wildman–Crippen MR) is 72.2 cm³/mol. The first-order valence-electron chi connectivity index (χ1n) is 6.31. The summed E-state index contributed by atoms with van der Waals surface area (Å²) in [5, 5.41) is 1.69. The van der Waals surface area contributed by atoms with Crippen LogP contribution in [-0.4, -0.2) is 31.3 Å². The Hall–Kier alpha value is -2.44. The van der Waals surface area contributed by atoms with Crippen LogP contribution in [0, 0.1) is 11.6 Å². The number of esters is 1. The molecule has 0 aliphatic carbocycles. The summed E-state index contributed by atoms with van der Waals surface area (Å²) in [6, 6.07) is 0.832. The molecule has 1 aromatic heterocycles. The maximum absolute atomic E-state index is 13.9. The van der Waals surface area contributed by atoms with Crippen molar-refractivity contribution >= 4 is 16.9 Å². The van der Waals surface area contributed by atoms with Gasteiger partial charge in [-0.1, -0.05) is 0 Å². The third-order valence-electron chi connectivity index (χ3n) is 3.71. The molecular formula is C14H12F2N2O3. The molecule has 0 saturated carbocycles. The zero-order valence-electron chi connectivity index (χ0n) is 11.4. The Kier molecular flexibility index (Phi) is 2.93. The van der Waals surface area contributed by atoms with Gasteiger partial charge in [0.05, 0.1) is 18.0 Å². The van der Waals surface area contributed by atoms with Crippen LogP contribution in [0.4, 0.5) is 8.78 Å². The van der Waals surface area contributed by atoms with Gasteiger partial charge in [-0.2, -0.15) is 0 Å². The van der Waals surface area contributed by atoms with Gasteiger partial charge in [-0.3, -0.25) is 9.47 Å². The summed E-state index contributed by atoms with van der Waals surface area (Å²) in [6.07, 6.45) is 1.59. The van der Waals surface area contributed by atoms with E-state index in [9.17, 15) is 18.4 Å². The molecule has 0 saturated heterocycles. The zero-order valence-corrected chi connectivity index (χ0v) is 11.4. The number of halogens is 2. The number of nitrogens with zero attached hydrogens (tertiary/aromatic N) is 2. The summed E-state index contributed by atoms with van der Waals surface area (Å²) in [7, 11) is 2.89. The predicted octanol–water partition coefficient (Wildman–Crippen LogP) is 1.19. The van der Waals surface area contributed by atoms with Crippen LogP contribution in [0.2, 0.25) is 0 Å². The number of pyridine rings is 1. The van der Waals surface area contributed by atoms with E-state index in [1.165, 1.54) is 10.9 Å². The quantitative estimate of drug-likeness (QED) is 0.741. The molecule has 3 rings (SSSR count). The third-order valence-corrected chi connectivity index (χ3v) is 3.71. The first-order valence-corrected chi connectivity index (χ1v) is 6.31. The Labute approximate surface area is 118 Å². The Morgan fingerprint density at radius 3 is 2.76 bits per heavy atom. The number of carbonyl (C=O) groups excluding carboxylic acids is 1. The van der Waals surface area contributed by atoms with Crippen molar-refractivity contribution in [2.45, 2.75) is 6.42 Å². The van der Waals surface area contributed by atoms with Gasteiger partial charge in [0.1, 0.15) is 5.56 Å². The zero-order chi connectivity index (χ0) is 15.3. The Morgan fingerprint density at radius 1 is 1.38 bits per heavy atom. The van der Waals surface area contributed by atoms with Gasteiger partial charge in [-0.15, -0.1) is 0 Å². The van der Waals surface area contributed by atoms with Crippen molar-refractivity contribution in [2.24, 2.45) is 0 Å². The number of ether oxygens (including phenoxy) is 1. The first-order chi connectivity index (χ1) is 9.95. The van der Waals surface area contributed by atoms with Crippen LogP contribution in [-0.2, 0) is 11.2 Å². The molecule has 2 aromatic rings. The van der Waals surface area contributed by atoms with E-state index in [0.29, 0.717) is 12.1 Å². The van der Waals surface area contributed by atoms with E-state index in [1.54, 1.807) is 12.1 Å². The van der Waals surface area contributed by atoms with Gasteiger partial charge in [0, 0.05) is 25.4 Å². The molecule has 1 aliphatic rings. The van der Waals surface area contributed by atoms with Crippen molar-refractivity contribution in [3.05, 3.63) is 45.2 Å². The fraction of sp³-hybridized carbons (Fsp3) is 0.286. The van der Waals surface area contributed by atoms with Crippen molar-refractivity contribution in [1.82, 2.24) is 4.68 Å². The molecule has 0 spiro atoms. The van der Waals surface area contributed by atoms with Crippen molar-refractivity contribution in [1.29, 1.82) is 0 Å². The van der Waals surface area contributed by atoms with E-state index >= 15 is 0 Å². The minimum absolute atomic E-state index is 0.0293. The number of rotatable bonds is 1. The van der Waals surface area contributed by atoms with Crippen LogP contribution in [0.5, 0.6) is 0 Å². The number of benzene rings is 1. The van der Waals surface area contributed by atoms with Crippen LogP contribution in [0.1, 0.15) is 15.9 Å². The summed E-state index contributed by atoms with van der Waals surface area (Å²) in [6.45, 7) is 0.436. The lowest BCUT2D eigenvalue weighted by Gasteiger charge is -2.30. The topological polar surface area (TPSA) is 51.5 Å². The van der Waals surface area contributed by atoms with E-state index in [-0.39, 0.29) is 22.9 Å². The first kappa shape index (κ1) is 13.5. The Bertz CT molecular complexity index is 829. The lowest BCUT2D eigenvalue weighted by molar-refractivity contribution is 0.0598. The third kappa shape index (κ3) is 1.80. The van der Waals surface area contributed by atoms with Crippen molar-refractivity contribution < 1.29 is 18.3 Å². The second-order valence-electron chi connectivity index (χ2n) is 4.89. The lowest BCUT2D eigenvalue weighted by Crippen LogP contribution is -2.39. The molecule has 2 heterocycles. The van der Waals surface area contributed by atoms with Gasteiger partial charge >= 0.3 is 5.97 Å². The maximum Gasteiger partial charge on any atom is 0.343 e. The van der Waals surface area contributed by atoms with Crippen molar-refractivity contribution in [3.8, 4) is 0 Å². The van der Waals surface area contributed by atoms with E-state index in [2.05, 4.69) is 4.74 Å². The highest BCUT2D eigenvalue weighted by molar-refractivity contribution is 5.94. The van der Waals surface area contributed by atoms with Gasteiger partial charge in [0.25, 0.3) is 0 Å². The molecule has 0 radical (unpaired) electrons. The smallest absolute Gasteiger partial charge is 0.343 e. The SMILES string of the molecule is COC(=O)c1cn2c3c(c(F)c(F)cc3c1=O)CCN2C. The molecule has 1 aliphatic heterocycles. The molecule has 0 amide bonds. The van der Waals surface area contributed by atoms with E-state index < -0.39 is 23.0 Å². The molecule has 0 atom stereocenters. The number of aromatic nitrogens is 1. The van der Waals surface area contributed by atoms with Crippen LogP contribution in [0.3, 0.4) is 0 Å². The normalized spacial score (nSPS) is 13.6. The van der Waals surface area contributed by atoms with E-state index in [0.717, 1.165) is 13.2 Å². The largest absolute Gasteiger partial charge is 0.465 e. The van der Waals surface area contributed by atoms with Crippen molar-refractivity contribution in [2.75, 3.05) is 25.7 Å². The van der Waals surface area contributed by atoms with Gasteiger partial charge < -0.3 is 9.75 Å². The summed E-state index contributed by atoms with van der Waals surface area (Å²) in [4.78, 5) is 24.0. The fourth-order valence-electron chi connectivity index (χ4n) is 2.63. The maximum atomic E-state index is 13.9. The summed E-state index contributed by atoms with van der Waals surface area (Å²) in [5.74, 6) is -2.85. The number of hydrogen-bond acceptors (Lipinski definition) is 4. The second kappa shape index (κ2) is 4.54. The summed E-state index contributed by atoms with van der Waals surface area (Å²) >= 11 is 0. The van der Waals surface area contributed by atoms with E-state index in [4.69, 9.17) is 0 Å². The van der Waals surface area contributed by atoms with Gasteiger partial charge in [-0.05, 0) is 12.5 Å². The van der Waals surface area contributed by atoms with Crippen LogP contribution < -0.4 is 10.4 Å². The molecule has 7 heteroatoms. The molecule has 21 heavy (non-hydrogen) atoms. The van der Waals surface area contributed by atoms with Crippen LogP contribution in [0.25, 0.3) is 10.9 Å². The number of carbonyl (C=O) groups is 1. The number of hydrogen-bond donors (Lipinski definition) is 0. The monoisotopic (exact) mass is 294 g/mol. The van der Waals surface area contributed by atoms with Gasteiger partial charge in [0.15, 0.2) is 11.6 Å². The Balaban J connectivity index is 2.51. The number of methoxy groups -OCH3 is 1. The molecule has 0 N–H and O–H groups in total. The minimum atomic E-state index is -1.09. The lowest BCUT2D eigenvalue weighted by atomic mass is 10.0. The highest BCUT2D eigenvalue weighted by Crippen LogP contribution is 2.26.